The van der Waals surface area contributed by atoms with Crippen molar-refractivity contribution < 1.29 is 14.0 Å². The number of thiophene rings is 1. The Kier molecular flexibility index (Phi) is 11.5. The summed E-state index contributed by atoms with van der Waals surface area (Å²) in [6, 6.07) is 14.3. The van der Waals surface area contributed by atoms with Crippen LogP contribution < -0.4 is 5.32 Å². The maximum absolute atomic E-state index is 14.4. The highest BCUT2D eigenvalue weighted by Crippen LogP contribution is 2.29. The number of rotatable bonds is 12. The van der Waals surface area contributed by atoms with Crippen molar-refractivity contribution in [1.29, 1.82) is 0 Å². The molecule has 10 heteroatoms. The molecule has 2 aromatic carbocycles. The number of fused-ring (bicyclic) bond motifs is 1. The third-order valence-electron chi connectivity index (χ3n) is 8.90. The number of carbonyl (C=O) groups is 2. The van der Waals surface area contributed by atoms with E-state index in [1.165, 1.54) is 10.9 Å². The van der Waals surface area contributed by atoms with Gasteiger partial charge in [-0.3, -0.25) is 14.5 Å². The lowest BCUT2D eigenvalue weighted by atomic mass is 10.0. The molecule has 46 heavy (non-hydrogen) atoms. The summed E-state index contributed by atoms with van der Waals surface area (Å²) in [6.07, 6.45) is 4.02. The molecule has 2 amide bonds. The second-order valence-electron chi connectivity index (χ2n) is 12.6. The van der Waals surface area contributed by atoms with Gasteiger partial charge in [0.05, 0.1) is 11.0 Å². The number of hydrogen-bond acceptors (Lipinski definition) is 5. The number of carbonyl (C=O) groups excluding carboxylic acids is 2. The normalized spacial score (nSPS) is 15.1. The van der Waals surface area contributed by atoms with Gasteiger partial charge in [-0.25, -0.2) is 9.37 Å². The Morgan fingerprint density at radius 2 is 1.85 bits per heavy atom. The topological polar surface area (TPSA) is 70.5 Å². The van der Waals surface area contributed by atoms with Crippen molar-refractivity contribution in [3.63, 3.8) is 0 Å². The van der Waals surface area contributed by atoms with E-state index in [0.29, 0.717) is 54.8 Å². The highest BCUT2D eigenvalue weighted by atomic mass is 35.5. The molecule has 1 aliphatic rings. The van der Waals surface area contributed by atoms with Crippen LogP contribution in [0.3, 0.4) is 0 Å². The summed E-state index contributed by atoms with van der Waals surface area (Å²) in [7, 11) is 0. The van der Waals surface area contributed by atoms with Gasteiger partial charge in [-0.2, -0.15) is 0 Å². The Morgan fingerprint density at radius 1 is 1.04 bits per heavy atom. The van der Waals surface area contributed by atoms with E-state index in [1.807, 2.05) is 23.1 Å². The van der Waals surface area contributed by atoms with Crippen LogP contribution in [0.4, 0.5) is 4.39 Å². The van der Waals surface area contributed by atoms with E-state index in [2.05, 4.69) is 60.0 Å². The van der Waals surface area contributed by atoms with E-state index in [0.717, 1.165) is 49.1 Å². The number of aromatic nitrogens is 2. The molecule has 1 fully saturated rings. The number of nitrogens with one attached hydrogen (secondary N) is 1. The maximum Gasteiger partial charge on any atom is 0.252 e. The first kappa shape index (κ1) is 34.1. The number of imidazole rings is 1. The number of hydrogen-bond donors (Lipinski definition) is 1. The van der Waals surface area contributed by atoms with Gasteiger partial charge in [0.1, 0.15) is 17.7 Å². The van der Waals surface area contributed by atoms with Crippen molar-refractivity contribution in [2.24, 2.45) is 5.92 Å². The number of benzene rings is 2. The van der Waals surface area contributed by atoms with Crippen LogP contribution in [0.5, 0.6) is 0 Å². The summed E-state index contributed by atoms with van der Waals surface area (Å²) >= 11 is 8.00. The van der Waals surface area contributed by atoms with E-state index in [4.69, 9.17) is 16.6 Å². The second kappa shape index (κ2) is 15.5. The first-order valence-electron chi connectivity index (χ1n) is 16.5. The van der Waals surface area contributed by atoms with Crippen molar-refractivity contribution in [3.8, 4) is 0 Å². The summed E-state index contributed by atoms with van der Waals surface area (Å²) in [4.78, 5) is 37.8. The van der Waals surface area contributed by atoms with E-state index >= 15 is 0 Å². The molecule has 1 saturated heterocycles. The zero-order valence-corrected chi connectivity index (χ0v) is 28.8. The van der Waals surface area contributed by atoms with Crippen molar-refractivity contribution in [3.05, 3.63) is 86.6 Å². The highest BCUT2D eigenvalue weighted by Gasteiger charge is 2.29. The van der Waals surface area contributed by atoms with Crippen LogP contribution in [0, 0.1) is 11.7 Å². The van der Waals surface area contributed by atoms with Gasteiger partial charge in [-0.15, -0.1) is 11.3 Å². The molecule has 0 saturated carbocycles. The van der Waals surface area contributed by atoms with Gasteiger partial charge < -0.3 is 14.8 Å². The molecule has 0 bridgehead atoms. The van der Waals surface area contributed by atoms with Crippen LogP contribution in [-0.4, -0.2) is 63.4 Å². The Hall–Kier alpha value is -3.27. The van der Waals surface area contributed by atoms with Crippen LogP contribution in [0.2, 0.25) is 5.02 Å². The standard InChI is InChI=1S/C36H45ClFN5O2S/c1-5-26(6-2)43-33-14-13-25(21-31(33)39-34(43)22-27-10-8-19-46-27)35(44)40-32(20-24(3)4)36(45)42-16-9-15-41(17-18-42)23-28-29(37)11-7-12-30(28)38/h7-8,10-14,19,21,24,26,32H,5-6,9,15-18,20,22-23H2,1-4H3,(H,40,44)/t32-/m0/s1. The molecule has 246 valence electrons. The van der Waals surface area contributed by atoms with E-state index in [1.54, 1.807) is 23.5 Å². The predicted molar refractivity (Wildman–Crippen MR) is 185 cm³/mol. The molecule has 1 N–H and O–H groups in total. The number of nitrogens with zero attached hydrogens (tertiary/aromatic N) is 4. The van der Waals surface area contributed by atoms with E-state index in [-0.39, 0.29) is 23.5 Å². The molecule has 1 atom stereocenters. The van der Waals surface area contributed by atoms with Crippen LogP contribution >= 0.6 is 22.9 Å². The lowest BCUT2D eigenvalue weighted by Crippen LogP contribution is -2.50. The molecular weight excluding hydrogens is 621 g/mol. The number of halogens is 2. The highest BCUT2D eigenvalue weighted by molar-refractivity contribution is 7.09. The zero-order valence-electron chi connectivity index (χ0n) is 27.3. The average Bonchev–Trinajstić information content (AvgIpc) is 3.60. The van der Waals surface area contributed by atoms with Crippen LogP contribution in [-0.2, 0) is 17.8 Å². The maximum atomic E-state index is 14.4. The van der Waals surface area contributed by atoms with Gasteiger partial charge in [0.25, 0.3) is 5.91 Å². The van der Waals surface area contributed by atoms with Gasteiger partial charge in [0.2, 0.25) is 5.91 Å². The SMILES string of the molecule is CCC(CC)n1c(Cc2cccs2)nc2cc(C(=O)N[C@@H](CC(C)C)C(=O)N3CCCN(Cc4c(F)cccc4Cl)CC3)ccc21. The predicted octanol–water partition coefficient (Wildman–Crippen LogP) is 7.72. The fraction of sp³-hybridized carbons (Fsp3) is 0.472. The smallest absolute Gasteiger partial charge is 0.252 e. The van der Waals surface area contributed by atoms with Crippen molar-refractivity contribution >= 4 is 45.8 Å². The minimum Gasteiger partial charge on any atom is -0.340 e. The van der Waals surface area contributed by atoms with Gasteiger partial charge >= 0.3 is 0 Å². The molecular formula is C36H45ClFN5O2S. The molecule has 4 aromatic rings. The van der Waals surface area contributed by atoms with Crippen molar-refractivity contribution in [1.82, 2.24) is 24.7 Å². The summed E-state index contributed by atoms with van der Waals surface area (Å²) in [6.45, 7) is 11.3. The molecule has 0 unspecified atom stereocenters. The van der Waals surface area contributed by atoms with Crippen LogP contribution in [0.25, 0.3) is 11.0 Å². The van der Waals surface area contributed by atoms with Gasteiger partial charge in [0.15, 0.2) is 0 Å². The molecule has 7 nitrogen and oxygen atoms in total. The molecule has 0 radical (unpaired) electrons. The minimum atomic E-state index is -0.646. The lowest BCUT2D eigenvalue weighted by Gasteiger charge is -2.28. The fourth-order valence-electron chi connectivity index (χ4n) is 6.46. The summed E-state index contributed by atoms with van der Waals surface area (Å²) in [5.74, 6) is 0.542. The first-order valence-corrected chi connectivity index (χ1v) is 17.7. The fourth-order valence-corrected chi connectivity index (χ4v) is 7.38. The molecule has 5 rings (SSSR count). The monoisotopic (exact) mass is 665 g/mol. The quantitative estimate of drug-likeness (QED) is 0.168. The average molecular weight is 666 g/mol. The molecule has 2 aromatic heterocycles. The molecule has 0 aliphatic carbocycles. The largest absolute Gasteiger partial charge is 0.340 e. The third kappa shape index (κ3) is 7.99. The van der Waals surface area contributed by atoms with Gasteiger partial charge in [-0.05, 0) is 73.4 Å². The van der Waals surface area contributed by atoms with Gasteiger partial charge in [0, 0.05) is 66.2 Å². The zero-order chi connectivity index (χ0) is 32.8. The summed E-state index contributed by atoms with van der Waals surface area (Å²) in [5.41, 5.74) is 2.79. The molecule has 0 spiro atoms. The Bertz CT molecular complexity index is 1610. The lowest BCUT2D eigenvalue weighted by molar-refractivity contribution is -0.133. The molecule has 3 heterocycles. The number of amides is 2. The van der Waals surface area contributed by atoms with Crippen LogP contribution in [0.15, 0.2) is 53.9 Å². The Balaban J connectivity index is 1.31. The summed E-state index contributed by atoms with van der Waals surface area (Å²) < 4.78 is 16.8. The van der Waals surface area contributed by atoms with E-state index in [9.17, 15) is 14.0 Å². The Morgan fingerprint density at radius 3 is 2.54 bits per heavy atom. The second-order valence-corrected chi connectivity index (χ2v) is 14.1. The minimum absolute atomic E-state index is 0.0786. The molecule has 1 aliphatic heterocycles. The summed E-state index contributed by atoms with van der Waals surface area (Å²) in [5, 5.41) is 5.57. The third-order valence-corrected chi connectivity index (χ3v) is 10.1. The van der Waals surface area contributed by atoms with Crippen LogP contribution in [0.1, 0.15) is 86.0 Å². The first-order chi connectivity index (χ1) is 22.2. The Labute approximate surface area is 280 Å². The van der Waals surface area contributed by atoms with Crippen molar-refractivity contribution in [2.75, 3.05) is 26.2 Å². The van der Waals surface area contributed by atoms with Gasteiger partial charge in [-0.1, -0.05) is 51.4 Å². The van der Waals surface area contributed by atoms with Crippen molar-refractivity contribution in [2.45, 2.75) is 78.4 Å². The van der Waals surface area contributed by atoms with E-state index < -0.39 is 6.04 Å².